The van der Waals surface area contributed by atoms with E-state index >= 15 is 0 Å². The van der Waals surface area contributed by atoms with E-state index in [1.54, 1.807) is 0 Å². The molecule has 2 atom stereocenters. The van der Waals surface area contributed by atoms with Gasteiger partial charge < -0.3 is 4.74 Å². The van der Waals surface area contributed by atoms with Crippen LogP contribution in [0.5, 0.6) is 0 Å². The molecule has 3 heteroatoms. The lowest BCUT2D eigenvalue weighted by atomic mass is 9.79. The molecule has 1 fully saturated rings. The van der Waals surface area contributed by atoms with Crippen LogP contribution in [-0.2, 0) is 4.74 Å². The van der Waals surface area contributed by atoms with E-state index < -0.39 is 0 Å². The average molecular weight is 282 g/mol. The Balaban J connectivity index is 1.98. The Morgan fingerprint density at radius 2 is 1.52 bits per heavy atom. The Labute approximate surface area is 126 Å². The van der Waals surface area contributed by atoms with Gasteiger partial charge in [-0.25, -0.2) is 0 Å². The molecule has 3 rings (SSSR count). The molecular formula is C18H22N2O. The van der Waals surface area contributed by atoms with Gasteiger partial charge in [0.05, 0.1) is 6.61 Å². The molecule has 0 amide bonds. The lowest BCUT2D eigenvalue weighted by Gasteiger charge is -2.31. The molecule has 0 aliphatic carbocycles. The molecule has 2 unspecified atom stereocenters. The van der Waals surface area contributed by atoms with E-state index in [1.165, 1.54) is 11.1 Å². The lowest BCUT2D eigenvalue weighted by molar-refractivity contribution is 0.174. The van der Waals surface area contributed by atoms with Crippen LogP contribution in [0.25, 0.3) is 0 Å². The molecule has 3 N–H and O–H groups in total. The van der Waals surface area contributed by atoms with Gasteiger partial charge in [-0.1, -0.05) is 60.7 Å². The largest absolute Gasteiger partial charge is 0.381 e. The van der Waals surface area contributed by atoms with Gasteiger partial charge in [-0.05, 0) is 17.5 Å². The van der Waals surface area contributed by atoms with Crippen LogP contribution in [0.15, 0.2) is 60.7 Å². The maximum atomic E-state index is 5.92. The first-order chi connectivity index (χ1) is 10.4. The highest BCUT2D eigenvalue weighted by molar-refractivity contribution is 5.34. The van der Waals surface area contributed by atoms with E-state index in [-0.39, 0.29) is 12.0 Å². The molecule has 2 aromatic rings. The Morgan fingerprint density at radius 1 is 0.952 bits per heavy atom. The molecule has 1 aliphatic rings. The SMILES string of the molecule is NNC(C1CCOC1)C(c1ccccc1)c1ccccc1. The van der Waals surface area contributed by atoms with Crippen LogP contribution >= 0.6 is 0 Å². The summed E-state index contributed by atoms with van der Waals surface area (Å²) in [5.74, 6) is 6.61. The quantitative estimate of drug-likeness (QED) is 0.655. The summed E-state index contributed by atoms with van der Waals surface area (Å²) in [6.45, 7) is 1.62. The number of hydrogen-bond acceptors (Lipinski definition) is 3. The second-order valence-corrected chi connectivity index (χ2v) is 5.62. The molecule has 0 radical (unpaired) electrons. The maximum Gasteiger partial charge on any atom is 0.0510 e. The molecule has 0 aromatic heterocycles. The number of nitrogens with one attached hydrogen (secondary N) is 1. The minimum absolute atomic E-state index is 0.178. The molecule has 0 saturated carbocycles. The van der Waals surface area contributed by atoms with Crippen molar-refractivity contribution in [2.75, 3.05) is 13.2 Å². The zero-order chi connectivity index (χ0) is 14.5. The minimum atomic E-state index is 0.178. The number of benzene rings is 2. The molecule has 1 aliphatic heterocycles. The Bertz CT molecular complexity index is 498. The van der Waals surface area contributed by atoms with Gasteiger partial charge >= 0.3 is 0 Å². The third kappa shape index (κ3) is 3.16. The van der Waals surface area contributed by atoms with Crippen molar-refractivity contribution in [3.05, 3.63) is 71.8 Å². The van der Waals surface area contributed by atoms with Crippen molar-refractivity contribution in [1.29, 1.82) is 0 Å². The third-order valence-corrected chi connectivity index (χ3v) is 4.34. The van der Waals surface area contributed by atoms with Crippen molar-refractivity contribution in [3.8, 4) is 0 Å². The molecule has 110 valence electrons. The van der Waals surface area contributed by atoms with Gasteiger partial charge in [0, 0.05) is 24.5 Å². The van der Waals surface area contributed by atoms with Crippen molar-refractivity contribution in [3.63, 3.8) is 0 Å². The fourth-order valence-electron chi connectivity index (χ4n) is 3.27. The zero-order valence-corrected chi connectivity index (χ0v) is 12.1. The van der Waals surface area contributed by atoms with E-state index in [2.05, 4.69) is 66.1 Å². The highest BCUT2D eigenvalue weighted by Crippen LogP contribution is 2.33. The first-order valence-corrected chi connectivity index (χ1v) is 7.54. The summed E-state index contributed by atoms with van der Waals surface area (Å²) >= 11 is 0. The molecule has 0 bridgehead atoms. The van der Waals surface area contributed by atoms with Gasteiger partial charge in [0.1, 0.15) is 0 Å². The Hall–Kier alpha value is -1.68. The molecule has 2 aromatic carbocycles. The summed E-state index contributed by atoms with van der Waals surface area (Å²) < 4.78 is 5.57. The second kappa shape index (κ2) is 6.85. The Morgan fingerprint density at radius 3 is 1.95 bits per heavy atom. The summed E-state index contributed by atoms with van der Waals surface area (Å²) in [4.78, 5) is 0. The second-order valence-electron chi connectivity index (χ2n) is 5.62. The van der Waals surface area contributed by atoms with E-state index in [4.69, 9.17) is 10.6 Å². The van der Waals surface area contributed by atoms with Crippen molar-refractivity contribution in [2.24, 2.45) is 11.8 Å². The van der Waals surface area contributed by atoms with Crippen LogP contribution in [0.4, 0.5) is 0 Å². The highest BCUT2D eigenvalue weighted by Gasteiger charge is 2.33. The summed E-state index contributed by atoms with van der Waals surface area (Å²) in [5.41, 5.74) is 5.64. The van der Waals surface area contributed by atoms with E-state index in [0.717, 1.165) is 19.6 Å². The summed E-state index contributed by atoms with van der Waals surface area (Å²) in [7, 11) is 0. The van der Waals surface area contributed by atoms with Gasteiger partial charge in [0.25, 0.3) is 0 Å². The van der Waals surface area contributed by atoms with Gasteiger partial charge in [-0.2, -0.15) is 0 Å². The summed E-state index contributed by atoms with van der Waals surface area (Å²) in [5, 5.41) is 0. The first kappa shape index (κ1) is 14.3. The van der Waals surface area contributed by atoms with Crippen molar-refractivity contribution in [2.45, 2.75) is 18.4 Å². The third-order valence-electron chi connectivity index (χ3n) is 4.34. The summed E-state index contributed by atoms with van der Waals surface area (Å²) in [6, 6.07) is 21.3. The molecule has 21 heavy (non-hydrogen) atoms. The van der Waals surface area contributed by atoms with E-state index in [9.17, 15) is 0 Å². The van der Waals surface area contributed by atoms with Crippen LogP contribution in [0.1, 0.15) is 23.5 Å². The molecule has 0 spiro atoms. The van der Waals surface area contributed by atoms with E-state index in [0.29, 0.717) is 5.92 Å². The predicted molar refractivity (Wildman–Crippen MR) is 84.8 cm³/mol. The first-order valence-electron chi connectivity index (χ1n) is 7.54. The maximum absolute atomic E-state index is 5.92. The minimum Gasteiger partial charge on any atom is -0.381 e. The van der Waals surface area contributed by atoms with Crippen LogP contribution in [0, 0.1) is 5.92 Å². The van der Waals surface area contributed by atoms with Gasteiger partial charge in [0.2, 0.25) is 0 Å². The van der Waals surface area contributed by atoms with Gasteiger partial charge in [-0.3, -0.25) is 11.3 Å². The Kier molecular flexibility index (Phi) is 4.65. The standard InChI is InChI=1S/C18H22N2O/c19-20-18(16-11-12-21-13-16)17(14-7-3-1-4-8-14)15-9-5-2-6-10-15/h1-10,16-18,20H,11-13,19H2. The number of rotatable bonds is 5. The van der Waals surface area contributed by atoms with Crippen LogP contribution in [-0.4, -0.2) is 19.3 Å². The number of ether oxygens (including phenoxy) is 1. The normalized spacial score (nSPS) is 19.8. The van der Waals surface area contributed by atoms with Crippen molar-refractivity contribution in [1.82, 2.24) is 5.43 Å². The van der Waals surface area contributed by atoms with Crippen LogP contribution in [0.3, 0.4) is 0 Å². The summed E-state index contributed by atoms with van der Waals surface area (Å²) in [6.07, 6.45) is 1.06. The molecule has 1 saturated heterocycles. The smallest absolute Gasteiger partial charge is 0.0510 e. The fraction of sp³-hybridized carbons (Fsp3) is 0.333. The van der Waals surface area contributed by atoms with Crippen LogP contribution in [0.2, 0.25) is 0 Å². The zero-order valence-electron chi connectivity index (χ0n) is 12.1. The topological polar surface area (TPSA) is 47.3 Å². The molecular weight excluding hydrogens is 260 g/mol. The van der Waals surface area contributed by atoms with E-state index in [1.807, 2.05) is 0 Å². The lowest BCUT2D eigenvalue weighted by Crippen LogP contribution is -2.45. The van der Waals surface area contributed by atoms with Crippen molar-refractivity contribution >= 4 is 0 Å². The molecule has 3 nitrogen and oxygen atoms in total. The predicted octanol–water partition coefficient (Wildman–Crippen LogP) is 2.69. The number of nitrogens with two attached hydrogens (primary N) is 1. The average Bonchev–Trinajstić information content (AvgIpc) is 3.08. The fourth-order valence-corrected chi connectivity index (χ4v) is 3.27. The number of hydrogen-bond donors (Lipinski definition) is 2. The van der Waals surface area contributed by atoms with Crippen LogP contribution < -0.4 is 11.3 Å². The number of hydrazine groups is 1. The van der Waals surface area contributed by atoms with Crippen molar-refractivity contribution < 1.29 is 4.74 Å². The van der Waals surface area contributed by atoms with Gasteiger partial charge in [0.15, 0.2) is 0 Å². The highest BCUT2D eigenvalue weighted by atomic mass is 16.5. The molecule has 1 heterocycles. The van der Waals surface area contributed by atoms with Gasteiger partial charge in [-0.15, -0.1) is 0 Å². The monoisotopic (exact) mass is 282 g/mol.